The first-order valence-corrected chi connectivity index (χ1v) is 33.2. The summed E-state index contributed by atoms with van der Waals surface area (Å²) < 4.78 is 17.8. The van der Waals surface area contributed by atoms with Crippen LogP contribution in [-0.4, -0.2) is 109 Å². The van der Waals surface area contributed by atoms with Gasteiger partial charge in [-0.25, -0.2) is 0 Å². The molecule has 0 unspecified atom stereocenters. The third-order valence-corrected chi connectivity index (χ3v) is 28.3. The summed E-state index contributed by atoms with van der Waals surface area (Å²) in [6.45, 7) is 37.7. The number of aliphatic hydroxyl groups is 4. The van der Waals surface area contributed by atoms with Crippen molar-refractivity contribution in [2.75, 3.05) is 52.7 Å². The van der Waals surface area contributed by atoms with Crippen LogP contribution in [0.2, 0.25) is 0 Å². The number of aliphatic hydroxyl groups excluding tert-OH is 4. The van der Waals surface area contributed by atoms with Crippen molar-refractivity contribution in [2.24, 2.45) is 100 Å². The second-order valence-corrected chi connectivity index (χ2v) is 33.9. The van der Waals surface area contributed by atoms with Crippen molar-refractivity contribution in [3.63, 3.8) is 0 Å². The monoisotopic (exact) mass is 1130 g/mol. The van der Waals surface area contributed by atoms with Crippen LogP contribution in [0.4, 0.5) is 0 Å². The van der Waals surface area contributed by atoms with Gasteiger partial charge in [0.05, 0.1) is 61.7 Å². The van der Waals surface area contributed by atoms with Crippen molar-refractivity contribution in [3.8, 4) is 0 Å². The third kappa shape index (κ3) is 9.70. The van der Waals surface area contributed by atoms with Gasteiger partial charge in [-0.2, -0.15) is 0 Å². The fourth-order valence-corrected chi connectivity index (χ4v) is 23.2. The van der Waals surface area contributed by atoms with Gasteiger partial charge >= 0.3 is 0 Å². The first-order chi connectivity index (χ1) is 37.8. The predicted molar refractivity (Wildman–Crippen MR) is 321 cm³/mol. The average molecular weight is 1130 g/mol. The Kier molecular flexibility index (Phi) is 16.5. The number of ether oxygens (including phenoxy) is 3. The van der Waals surface area contributed by atoms with Gasteiger partial charge in [0, 0.05) is 26.3 Å². The maximum atomic E-state index is 14.6. The fraction of sp³-hybridized carbons (Fsp3) is 0.914. The Morgan fingerprint density at radius 2 is 0.802 bits per heavy atom. The van der Waals surface area contributed by atoms with E-state index in [-0.39, 0.29) is 88.6 Å². The van der Waals surface area contributed by atoms with Crippen LogP contribution in [0, 0.1) is 100 Å². The molecule has 6 N–H and O–H groups in total. The van der Waals surface area contributed by atoms with E-state index in [1.165, 1.54) is 0 Å². The summed E-state index contributed by atoms with van der Waals surface area (Å²) in [7, 11) is 0. The average Bonchev–Trinajstić information content (AvgIpc) is 2.39. The van der Waals surface area contributed by atoms with Crippen molar-refractivity contribution < 1.29 is 44.2 Å². The molecule has 0 bridgehead atoms. The Hall–Kier alpha value is -1.86. The van der Waals surface area contributed by atoms with Crippen molar-refractivity contribution in [3.05, 3.63) is 23.3 Å². The van der Waals surface area contributed by atoms with Gasteiger partial charge in [-0.1, -0.05) is 120 Å². The van der Waals surface area contributed by atoms with Crippen LogP contribution in [0.5, 0.6) is 0 Å². The Morgan fingerprint density at radius 3 is 1.17 bits per heavy atom. The molecule has 460 valence electrons. The van der Waals surface area contributed by atoms with E-state index in [1.54, 1.807) is 11.1 Å². The number of allylic oxidation sites excluding steroid dienone is 4. The Morgan fingerprint density at radius 1 is 0.457 bits per heavy atom. The summed E-state index contributed by atoms with van der Waals surface area (Å²) in [5.74, 6) is 2.47. The Bertz CT molecular complexity index is 2250. The molecule has 2 amide bonds. The molecule has 0 spiro atoms. The van der Waals surface area contributed by atoms with Crippen LogP contribution < -0.4 is 10.6 Å². The minimum atomic E-state index is -0.701. The van der Waals surface area contributed by atoms with Crippen molar-refractivity contribution >= 4 is 11.8 Å². The van der Waals surface area contributed by atoms with E-state index in [4.69, 9.17) is 14.2 Å². The molecule has 0 aliphatic heterocycles. The molecule has 11 nitrogen and oxygen atoms in total. The number of fused-ring (bicyclic) bond motifs is 14. The van der Waals surface area contributed by atoms with E-state index in [2.05, 4.69) is 120 Å². The van der Waals surface area contributed by atoms with Gasteiger partial charge in [0.15, 0.2) is 0 Å². The lowest BCUT2D eigenvalue weighted by molar-refractivity contribution is -0.231. The van der Waals surface area contributed by atoms with Crippen LogP contribution in [-0.2, 0) is 23.8 Å². The molecule has 10 rings (SSSR count). The molecular weight excluding hydrogens is 1010 g/mol. The molecule has 10 aliphatic carbocycles. The van der Waals surface area contributed by atoms with E-state index in [0.29, 0.717) is 89.2 Å². The Balaban J connectivity index is 0.643. The van der Waals surface area contributed by atoms with Crippen molar-refractivity contribution in [1.82, 2.24) is 10.6 Å². The number of nitrogens with one attached hydrogen (secondary N) is 2. The second kappa shape index (κ2) is 21.5. The SMILES string of the molecule is CC1(C)CC[C@]2(C(=O)NCCCOCCOCCOCCCNC(=O)[C@]34CCC(C)(C)C[C@H]3C3=CC[C@@H]5[C@@]6(C)C[C@@H](O)[C@H](O)C(C)(C)[C@@H]6CC[C@@]5(C)[C@]3(C)CC4)CC[C@]3(C)C(=CC[C@@H]4[C@@]5(C)C[C@@H](O)[C@H](O)C(C)(C)[C@@H]5CC[C@]43C)[C@@H]2C1. The van der Waals surface area contributed by atoms with E-state index in [0.717, 1.165) is 116 Å². The zero-order valence-corrected chi connectivity index (χ0v) is 53.6. The quantitative estimate of drug-likeness (QED) is 0.0651. The van der Waals surface area contributed by atoms with Gasteiger partial charge in [0.1, 0.15) is 0 Å². The van der Waals surface area contributed by atoms with Gasteiger partial charge in [-0.05, 0) is 218 Å². The van der Waals surface area contributed by atoms with Gasteiger partial charge in [0.2, 0.25) is 11.8 Å². The smallest absolute Gasteiger partial charge is 0.226 e. The van der Waals surface area contributed by atoms with E-state index in [9.17, 15) is 30.0 Å². The van der Waals surface area contributed by atoms with E-state index >= 15 is 0 Å². The highest BCUT2D eigenvalue weighted by Crippen LogP contribution is 2.78. The summed E-state index contributed by atoms with van der Waals surface area (Å²) in [4.78, 5) is 29.3. The van der Waals surface area contributed by atoms with Crippen LogP contribution in [0.15, 0.2) is 23.3 Å². The zero-order chi connectivity index (χ0) is 58.8. The number of amides is 2. The molecule has 0 aromatic heterocycles. The lowest BCUT2D eigenvalue weighted by Crippen LogP contribution is -2.67. The number of carbonyl (C=O) groups excluding carboxylic acids is 2. The normalized spacial score (nSPS) is 46.9. The first kappa shape index (κ1) is 62.2. The summed E-state index contributed by atoms with van der Waals surface area (Å²) >= 11 is 0. The summed E-state index contributed by atoms with van der Waals surface area (Å²) in [6, 6.07) is 0. The fourth-order valence-electron chi connectivity index (χ4n) is 23.2. The van der Waals surface area contributed by atoms with Gasteiger partial charge < -0.3 is 45.3 Å². The van der Waals surface area contributed by atoms with Crippen LogP contribution in [0.1, 0.15) is 225 Å². The molecule has 0 aromatic carbocycles. The topological polar surface area (TPSA) is 167 Å². The van der Waals surface area contributed by atoms with E-state index in [1.807, 2.05) is 0 Å². The van der Waals surface area contributed by atoms with Gasteiger partial charge in [-0.15, -0.1) is 0 Å². The molecule has 10 aliphatic rings. The lowest BCUT2D eigenvalue weighted by Gasteiger charge is -2.71. The molecule has 8 fully saturated rings. The number of rotatable bonds is 16. The highest BCUT2D eigenvalue weighted by Gasteiger charge is 2.72. The molecule has 11 heteroatoms. The molecule has 0 aromatic rings. The zero-order valence-electron chi connectivity index (χ0n) is 53.6. The first-order valence-electron chi connectivity index (χ1n) is 33.2. The number of carbonyl (C=O) groups is 2. The molecule has 0 radical (unpaired) electrons. The number of hydrogen-bond acceptors (Lipinski definition) is 9. The molecule has 81 heavy (non-hydrogen) atoms. The molecule has 18 atom stereocenters. The van der Waals surface area contributed by atoms with Crippen molar-refractivity contribution in [2.45, 2.75) is 250 Å². The lowest BCUT2D eigenvalue weighted by atomic mass is 9.33. The molecular formula is C70H116N2O9. The van der Waals surface area contributed by atoms with Crippen molar-refractivity contribution in [1.29, 1.82) is 0 Å². The van der Waals surface area contributed by atoms with E-state index < -0.39 is 24.4 Å². The van der Waals surface area contributed by atoms with Crippen LogP contribution in [0.25, 0.3) is 0 Å². The van der Waals surface area contributed by atoms with Gasteiger partial charge in [0.25, 0.3) is 0 Å². The minimum absolute atomic E-state index is 0.0142. The maximum Gasteiger partial charge on any atom is 0.226 e. The number of hydrogen-bond donors (Lipinski definition) is 6. The van der Waals surface area contributed by atoms with Gasteiger partial charge in [-0.3, -0.25) is 9.59 Å². The summed E-state index contributed by atoms with van der Waals surface area (Å²) in [5.41, 5.74) is 1.94. The molecule has 0 heterocycles. The molecule has 0 saturated heterocycles. The van der Waals surface area contributed by atoms with Crippen LogP contribution in [0.3, 0.4) is 0 Å². The maximum absolute atomic E-state index is 14.6. The largest absolute Gasteiger partial charge is 0.390 e. The minimum Gasteiger partial charge on any atom is -0.390 e. The highest BCUT2D eigenvalue weighted by atomic mass is 16.5. The Labute approximate surface area is 490 Å². The van der Waals surface area contributed by atoms with Crippen LogP contribution >= 0.6 is 0 Å². The predicted octanol–water partition coefficient (Wildman–Crippen LogP) is 12.3. The summed E-state index contributed by atoms with van der Waals surface area (Å²) in [6.07, 6.45) is 21.5. The third-order valence-electron chi connectivity index (χ3n) is 28.3. The molecule has 8 saturated carbocycles. The summed E-state index contributed by atoms with van der Waals surface area (Å²) in [5, 5.41) is 51.8. The highest BCUT2D eigenvalue weighted by molar-refractivity contribution is 5.85. The standard InChI is InChI=1S/C70H116N2O9/c1-59(2)25-29-69(31-27-65(11)45(47(69)41-59)17-19-53-63(9)43-49(73)55(75)61(5,6)51(63)21-23-67(53,65)13)57(77)71-33-15-35-79-37-39-81-40-38-80-36-16-34-72-58(78)70-30-26-60(3,4)42-48(70)46-18-20-54-64(10)44-50(74)56(76)62(7,8)52(64)22-24-68(54,14)66(46,12)28-32-70/h17-18,47-56,73-76H,15-16,19-44H2,1-14H3,(H,71,77)(H,72,78)/t47-,48-,49+,50+,51-,52-,53+,54+,55-,56-,63-,64-,65+,66+,67+,68+,69-,70-/m0/s1. The second-order valence-electron chi connectivity index (χ2n) is 33.9.